The van der Waals surface area contributed by atoms with Crippen molar-refractivity contribution in [2.24, 2.45) is 5.92 Å². The molecule has 3 aliphatic rings. The molecule has 0 radical (unpaired) electrons. The molecule has 2 aromatic rings. The fourth-order valence-electron chi connectivity index (χ4n) is 5.22. The Labute approximate surface area is 185 Å². The number of carbonyl (C=O) groups excluding carboxylic acids is 2. The average molecular weight is 436 g/mol. The van der Waals surface area contributed by atoms with Gasteiger partial charge in [-0.25, -0.2) is 4.39 Å². The number of anilines is 1. The van der Waals surface area contributed by atoms with Gasteiger partial charge in [0, 0.05) is 35.7 Å². The number of para-hydroxylation sites is 1. The number of carboxylic acids is 1. The zero-order chi connectivity index (χ0) is 22.4. The maximum atomic E-state index is 13.8. The lowest BCUT2D eigenvalue weighted by Gasteiger charge is -2.55. The second-order valence-electron chi connectivity index (χ2n) is 8.92. The molecule has 6 nitrogen and oxygen atoms in total. The summed E-state index contributed by atoms with van der Waals surface area (Å²) in [6.07, 6.45) is 3.33. The van der Waals surface area contributed by atoms with E-state index in [9.17, 15) is 18.8 Å². The van der Waals surface area contributed by atoms with Crippen LogP contribution in [0.25, 0.3) is 0 Å². The first-order valence-corrected chi connectivity index (χ1v) is 11.2. The fraction of sp³-hybridized carbons (Fsp3) is 0.400. The maximum absolute atomic E-state index is 13.8. The van der Waals surface area contributed by atoms with Crippen LogP contribution in [0.2, 0.25) is 0 Å². The van der Waals surface area contributed by atoms with E-state index in [1.807, 2.05) is 29.2 Å². The Morgan fingerprint density at radius 1 is 1.00 bits per heavy atom. The van der Waals surface area contributed by atoms with Gasteiger partial charge in [-0.2, -0.15) is 0 Å². The van der Waals surface area contributed by atoms with Gasteiger partial charge in [-0.1, -0.05) is 24.3 Å². The zero-order valence-electron chi connectivity index (χ0n) is 17.6. The number of hydrogen-bond acceptors (Lipinski definition) is 3. The molecule has 3 atom stereocenters. The molecule has 2 aliphatic carbocycles. The van der Waals surface area contributed by atoms with Crippen LogP contribution in [-0.2, 0) is 9.59 Å². The molecule has 1 N–H and O–H groups in total. The van der Waals surface area contributed by atoms with Crippen LogP contribution in [-0.4, -0.2) is 39.9 Å². The van der Waals surface area contributed by atoms with E-state index in [0.717, 1.165) is 36.9 Å². The molecule has 1 aliphatic heterocycles. The Kier molecular flexibility index (Phi) is 5.19. The smallest absolute Gasteiger partial charge is 0.303 e. The number of rotatable bonds is 6. The minimum atomic E-state index is -0.980. The summed E-state index contributed by atoms with van der Waals surface area (Å²) in [4.78, 5) is 41.3. The number of benzene rings is 2. The summed E-state index contributed by atoms with van der Waals surface area (Å²) in [5, 5.41) is 9.05. The van der Waals surface area contributed by atoms with Gasteiger partial charge in [0.25, 0.3) is 5.91 Å². The molecule has 2 saturated carbocycles. The van der Waals surface area contributed by atoms with Crippen LogP contribution in [0.1, 0.15) is 60.5 Å². The molecule has 1 heterocycles. The lowest BCUT2D eigenvalue weighted by atomic mass is 9.67. The summed E-state index contributed by atoms with van der Waals surface area (Å²) in [5.41, 5.74) is 1.97. The van der Waals surface area contributed by atoms with E-state index in [2.05, 4.69) is 0 Å². The molecule has 2 amide bonds. The Morgan fingerprint density at radius 3 is 2.44 bits per heavy atom. The SMILES string of the molecule is O=C(O)CCC(=O)N(C1CC1)C1c2ccccc2N(C(=O)c2cccc(F)c2)C2CCC21. The van der Waals surface area contributed by atoms with Crippen molar-refractivity contribution in [2.75, 3.05) is 4.90 Å². The molecule has 0 saturated heterocycles. The highest BCUT2D eigenvalue weighted by molar-refractivity contribution is 6.07. The van der Waals surface area contributed by atoms with Crippen molar-refractivity contribution in [2.45, 2.75) is 56.7 Å². The minimum Gasteiger partial charge on any atom is -0.481 e. The monoisotopic (exact) mass is 436 g/mol. The van der Waals surface area contributed by atoms with Gasteiger partial charge in [0.15, 0.2) is 0 Å². The summed E-state index contributed by atoms with van der Waals surface area (Å²) < 4.78 is 13.8. The molecule has 32 heavy (non-hydrogen) atoms. The van der Waals surface area contributed by atoms with Gasteiger partial charge in [-0.05, 0) is 55.5 Å². The third kappa shape index (κ3) is 3.55. The van der Waals surface area contributed by atoms with E-state index >= 15 is 0 Å². The van der Waals surface area contributed by atoms with E-state index in [1.165, 1.54) is 18.2 Å². The lowest BCUT2D eigenvalue weighted by molar-refractivity contribution is -0.143. The predicted molar refractivity (Wildman–Crippen MR) is 116 cm³/mol. The Bertz CT molecular complexity index is 1080. The standard InChI is InChI=1S/C25H25FN2O4/c26-16-5-3-4-15(14-16)25(32)28-20-7-2-1-6-18(20)24(19-10-11-21(19)28)27(17-8-9-17)22(29)12-13-23(30)31/h1-7,14,17,19,21,24H,8-13H2,(H,30,31). The normalized spacial score (nSPS) is 23.5. The number of halogens is 1. The number of carboxylic acid groups (broad SMARTS) is 1. The molecular formula is C25H25FN2O4. The molecular weight excluding hydrogens is 411 g/mol. The second-order valence-corrected chi connectivity index (χ2v) is 8.92. The van der Waals surface area contributed by atoms with Crippen molar-refractivity contribution in [3.63, 3.8) is 0 Å². The summed E-state index contributed by atoms with van der Waals surface area (Å²) in [6, 6.07) is 13.2. The van der Waals surface area contributed by atoms with Crippen LogP contribution in [0.15, 0.2) is 48.5 Å². The first-order valence-electron chi connectivity index (χ1n) is 11.2. The van der Waals surface area contributed by atoms with E-state index in [4.69, 9.17) is 5.11 Å². The van der Waals surface area contributed by atoms with Gasteiger partial charge in [-0.3, -0.25) is 14.4 Å². The van der Waals surface area contributed by atoms with Crippen molar-refractivity contribution in [1.29, 1.82) is 0 Å². The number of carbonyl (C=O) groups is 3. The van der Waals surface area contributed by atoms with Crippen LogP contribution in [0.4, 0.5) is 10.1 Å². The first kappa shape index (κ1) is 20.7. The maximum Gasteiger partial charge on any atom is 0.303 e. The topological polar surface area (TPSA) is 77.9 Å². The molecule has 166 valence electrons. The van der Waals surface area contributed by atoms with E-state index in [-0.39, 0.29) is 48.7 Å². The van der Waals surface area contributed by atoms with Gasteiger partial charge < -0.3 is 14.9 Å². The summed E-state index contributed by atoms with van der Waals surface area (Å²) in [5.74, 6) is -1.72. The summed E-state index contributed by atoms with van der Waals surface area (Å²) in [7, 11) is 0. The Balaban J connectivity index is 1.53. The van der Waals surface area contributed by atoms with Gasteiger partial charge in [0.2, 0.25) is 5.91 Å². The highest BCUT2D eigenvalue weighted by Crippen LogP contribution is 2.54. The molecule has 2 fully saturated rings. The molecule has 0 bridgehead atoms. The van der Waals surface area contributed by atoms with Crippen LogP contribution < -0.4 is 4.90 Å². The van der Waals surface area contributed by atoms with Crippen molar-refractivity contribution in [1.82, 2.24) is 4.90 Å². The highest BCUT2D eigenvalue weighted by atomic mass is 19.1. The molecule has 0 aromatic heterocycles. The number of hydrogen-bond donors (Lipinski definition) is 1. The molecule has 7 heteroatoms. The number of aliphatic carboxylic acids is 1. The number of fused-ring (bicyclic) bond motifs is 2. The van der Waals surface area contributed by atoms with Gasteiger partial charge in [0.05, 0.1) is 12.5 Å². The highest BCUT2D eigenvalue weighted by Gasteiger charge is 2.53. The van der Waals surface area contributed by atoms with Crippen LogP contribution in [0, 0.1) is 11.7 Å². The van der Waals surface area contributed by atoms with Crippen molar-refractivity contribution in [3.8, 4) is 0 Å². The fourth-order valence-corrected chi connectivity index (χ4v) is 5.22. The summed E-state index contributed by atoms with van der Waals surface area (Å²) >= 11 is 0. The van der Waals surface area contributed by atoms with Crippen molar-refractivity contribution >= 4 is 23.5 Å². The van der Waals surface area contributed by atoms with Crippen LogP contribution in [0.3, 0.4) is 0 Å². The molecule has 0 spiro atoms. The third-order valence-electron chi connectivity index (χ3n) is 6.91. The lowest BCUT2D eigenvalue weighted by Crippen LogP contribution is -2.59. The predicted octanol–water partition coefficient (Wildman–Crippen LogP) is 4.16. The quantitative estimate of drug-likeness (QED) is 0.738. The first-order chi connectivity index (χ1) is 15.5. The molecule has 3 unspecified atom stereocenters. The summed E-state index contributed by atoms with van der Waals surface area (Å²) in [6.45, 7) is 0. The molecule has 5 rings (SSSR count). The Hall–Kier alpha value is -3.22. The van der Waals surface area contributed by atoms with Gasteiger partial charge in [-0.15, -0.1) is 0 Å². The van der Waals surface area contributed by atoms with E-state index in [0.29, 0.717) is 5.56 Å². The van der Waals surface area contributed by atoms with Crippen molar-refractivity contribution < 1.29 is 23.9 Å². The largest absolute Gasteiger partial charge is 0.481 e. The van der Waals surface area contributed by atoms with Gasteiger partial charge in [0.1, 0.15) is 5.82 Å². The minimum absolute atomic E-state index is 0.0200. The van der Waals surface area contributed by atoms with E-state index < -0.39 is 11.8 Å². The zero-order valence-corrected chi connectivity index (χ0v) is 17.6. The van der Waals surface area contributed by atoms with Gasteiger partial charge >= 0.3 is 5.97 Å². The van der Waals surface area contributed by atoms with Crippen LogP contribution in [0.5, 0.6) is 0 Å². The molecule has 2 aromatic carbocycles. The van der Waals surface area contributed by atoms with Crippen molar-refractivity contribution in [3.05, 3.63) is 65.5 Å². The Morgan fingerprint density at radius 2 is 1.78 bits per heavy atom. The number of nitrogens with zero attached hydrogens (tertiary/aromatic N) is 2. The number of amides is 2. The average Bonchev–Trinajstić information content (AvgIpc) is 3.58. The second kappa shape index (κ2) is 8.04. The van der Waals surface area contributed by atoms with Crippen LogP contribution >= 0.6 is 0 Å². The third-order valence-corrected chi connectivity index (χ3v) is 6.91. The van der Waals surface area contributed by atoms with E-state index in [1.54, 1.807) is 11.0 Å².